The predicted octanol–water partition coefficient (Wildman–Crippen LogP) is 5.91. The van der Waals surface area contributed by atoms with Crippen molar-refractivity contribution < 1.29 is 9.53 Å². The van der Waals surface area contributed by atoms with Gasteiger partial charge in [0.15, 0.2) is 0 Å². The van der Waals surface area contributed by atoms with Gasteiger partial charge in [-0.2, -0.15) is 5.26 Å². The fourth-order valence-electron chi connectivity index (χ4n) is 5.02. The summed E-state index contributed by atoms with van der Waals surface area (Å²) in [5, 5.41) is 19.7. The third-order valence-corrected chi connectivity index (χ3v) is 7.79. The number of pyridine rings is 1. The minimum Gasteiger partial charge on any atom is -0.469 e. The van der Waals surface area contributed by atoms with Gasteiger partial charge in [-0.05, 0) is 72.8 Å². The van der Waals surface area contributed by atoms with Crippen LogP contribution in [-0.4, -0.2) is 36.1 Å². The lowest BCUT2D eigenvalue weighted by Crippen LogP contribution is -2.43. The van der Waals surface area contributed by atoms with E-state index in [9.17, 15) is 4.79 Å². The zero-order chi connectivity index (χ0) is 28.2. The molecule has 8 heteroatoms. The lowest BCUT2D eigenvalue weighted by atomic mass is 9.99. The molecule has 3 N–H and O–H groups in total. The van der Waals surface area contributed by atoms with Crippen LogP contribution in [0.5, 0.6) is 5.88 Å². The maximum Gasteiger partial charge on any atom is 0.253 e. The molecule has 2 atom stereocenters. The summed E-state index contributed by atoms with van der Waals surface area (Å²) in [4.78, 5) is 17.3. The van der Waals surface area contributed by atoms with E-state index in [1.165, 1.54) is 5.56 Å². The van der Waals surface area contributed by atoms with Gasteiger partial charge < -0.3 is 20.7 Å². The van der Waals surface area contributed by atoms with E-state index in [1.807, 2.05) is 60.7 Å². The molecular weight excluding hydrogens is 534 g/mol. The number of benzene rings is 3. The van der Waals surface area contributed by atoms with Gasteiger partial charge in [0.2, 0.25) is 5.88 Å². The zero-order valence-electron chi connectivity index (χ0n) is 22.4. The van der Waals surface area contributed by atoms with Gasteiger partial charge in [-0.1, -0.05) is 60.1 Å². The number of carbonyl (C=O) groups is 1. The van der Waals surface area contributed by atoms with Crippen LogP contribution in [0.4, 0.5) is 5.69 Å². The number of ether oxygens (including phenoxy) is 1. The highest BCUT2D eigenvalue weighted by molar-refractivity contribution is 6.34. The van der Waals surface area contributed by atoms with Crippen LogP contribution in [0.15, 0.2) is 85.1 Å². The Labute approximate surface area is 244 Å². The quantitative estimate of drug-likeness (QED) is 0.234. The SMILES string of the molecule is N#Cc1ccc(CCN[C@H](c2ccccc2)[C@@H]2CNc3cc(-c4ccc(Cl)c(C(=O)NC5CC5)c4)cnc3O2)cc1. The van der Waals surface area contributed by atoms with Crippen molar-refractivity contribution in [2.24, 2.45) is 0 Å². The number of nitrogens with one attached hydrogen (secondary N) is 3. The van der Waals surface area contributed by atoms with Crippen LogP contribution in [0, 0.1) is 11.3 Å². The van der Waals surface area contributed by atoms with E-state index in [0.717, 1.165) is 48.2 Å². The van der Waals surface area contributed by atoms with Gasteiger partial charge in [0.1, 0.15) is 6.10 Å². The van der Waals surface area contributed by atoms with Crippen LogP contribution >= 0.6 is 11.6 Å². The molecular formula is C33H30ClN5O2. The van der Waals surface area contributed by atoms with Crippen LogP contribution in [0.3, 0.4) is 0 Å². The molecule has 0 spiro atoms. The molecule has 41 heavy (non-hydrogen) atoms. The summed E-state index contributed by atoms with van der Waals surface area (Å²) in [6.07, 6.45) is 4.45. The Morgan fingerprint density at radius 1 is 1.07 bits per heavy atom. The molecule has 0 saturated heterocycles. The van der Waals surface area contributed by atoms with Gasteiger partial charge in [0, 0.05) is 17.8 Å². The Bertz CT molecular complexity index is 1580. The average molecular weight is 564 g/mol. The molecule has 1 amide bonds. The number of hydrogen-bond acceptors (Lipinski definition) is 6. The second-order valence-corrected chi connectivity index (χ2v) is 10.9. The first-order chi connectivity index (χ1) is 20.1. The van der Waals surface area contributed by atoms with Crippen LogP contribution < -0.4 is 20.7 Å². The summed E-state index contributed by atoms with van der Waals surface area (Å²) < 4.78 is 6.45. The molecule has 1 aliphatic heterocycles. The lowest BCUT2D eigenvalue weighted by Gasteiger charge is -2.33. The van der Waals surface area contributed by atoms with Crippen molar-refractivity contribution in [3.8, 4) is 23.1 Å². The molecule has 4 aromatic rings. The summed E-state index contributed by atoms with van der Waals surface area (Å²) in [6, 6.07) is 27.8. The minimum atomic E-state index is -0.183. The third-order valence-electron chi connectivity index (χ3n) is 7.46. The maximum atomic E-state index is 12.7. The van der Waals surface area contributed by atoms with Crippen LogP contribution in [0.25, 0.3) is 11.1 Å². The van der Waals surface area contributed by atoms with E-state index in [-0.39, 0.29) is 24.1 Å². The number of hydrogen-bond donors (Lipinski definition) is 3. The minimum absolute atomic E-state index is 0.0551. The fourth-order valence-corrected chi connectivity index (χ4v) is 5.23. The lowest BCUT2D eigenvalue weighted by molar-refractivity contribution is 0.0951. The van der Waals surface area contributed by atoms with Crippen molar-refractivity contribution in [2.45, 2.75) is 37.5 Å². The van der Waals surface area contributed by atoms with E-state index in [1.54, 1.807) is 12.3 Å². The number of aromatic nitrogens is 1. The normalized spacial score (nSPS) is 16.4. The Balaban J connectivity index is 1.17. The van der Waals surface area contributed by atoms with E-state index in [2.05, 4.69) is 39.1 Å². The molecule has 1 aliphatic carbocycles. The van der Waals surface area contributed by atoms with Crippen molar-refractivity contribution in [1.29, 1.82) is 5.26 Å². The van der Waals surface area contributed by atoms with Gasteiger partial charge in [-0.3, -0.25) is 4.79 Å². The highest BCUT2D eigenvalue weighted by atomic mass is 35.5. The number of carbonyl (C=O) groups excluding carboxylic acids is 1. The molecule has 2 aliphatic rings. The monoisotopic (exact) mass is 563 g/mol. The van der Waals surface area contributed by atoms with E-state index >= 15 is 0 Å². The number of halogens is 1. The molecule has 1 aromatic heterocycles. The van der Waals surface area contributed by atoms with E-state index < -0.39 is 0 Å². The van der Waals surface area contributed by atoms with Crippen molar-refractivity contribution in [1.82, 2.24) is 15.6 Å². The second kappa shape index (κ2) is 12.0. The molecule has 1 saturated carbocycles. The van der Waals surface area contributed by atoms with Gasteiger partial charge >= 0.3 is 0 Å². The van der Waals surface area contributed by atoms with Crippen molar-refractivity contribution in [3.05, 3.63) is 112 Å². The Morgan fingerprint density at radius 2 is 1.88 bits per heavy atom. The van der Waals surface area contributed by atoms with Crippen LogP contribution in [-0.2, 0) is 6.42 Å². The van der Waals surface area contributed by atoms with Crippen LogP contribution in [0.2, 0.25) is 5.02 Å². The Kier molecular flexibility index (Phi) is 7.86. The van der Waals surface area contributed by atoms with Gasteiger partial charge in [0.05, 0.1) is 40.5 Å². The van der Waals surface area contributed by atoms with Crippen molar-refractivity contribution in [2.75, 3.05) is 18.4 Å². The largest absolute Gasteiger partial charge is 0.469 e. The topological polar surface area (TPSA) is 99.1 Å². The van der Waals surface area contributed by atoms with Crippen molar-refractivity contribution in [3.63, 3.8) is 0 Å². The van der Waals surface area contributed by atoms with Gasteiger partial charge in [-0.15, -0.1) is 0 Å². The predicted molar refractivity (Wildman–Crippen MR) is 160 cm³/mol. The number of anilines is 1. The Morgan fingerprint density at radius 3 is 2.63 bits per heavy atom. The first kappa shape index (κ1) is 26.8. The standard InChI is InChI=1S/C33H30ClN5O2/c34-28-13-10-24(16-27(28)32(40)39-26-11-12-26)25-17-29-33(38-19-25)41-30(20-37-29)31(23-4-2-1-3-5-23)36-15-14-21-6-8-22(18-35)9-7-21/h1-10,13,16-17,19,26,30-31,36-37H,11-12,14-15,20H2,(H,39,40)/t30-,31+/m0/s1. The smallest absolute Gasteiger partial charge is 0.253 e. The molecule has 6 rings (SSSR count). The summed E-state index contributed by atoms with van der Waals surface area (Å²) >= 11 is 6.35. The maximum absolute atomic E-state index is 12.7. The number of nitrogens with zero attached hydrogens (tertiary/aromatic N) is 2. The molecule has 0 bridgehead atoms. The number of rotatable bonds is 9. The fraction of sp³-hybridized carbons (Fsp3) is 0.242. The number of amides is 1. The number of fused-ring (bicyclic) bond motifs is 1. The highest BCUT2D eigenvalue weighted by Crippen LogP contribution is 2.35. The average Bonchev–Trinajstić information content (AvgIpc) is 3.84. The molecule has 206 valence electrons. The summed E-state index contributed by atoms with van der Waals surface area (Å²) in [5.74, 6) is 0.397. The molecule has 1 fully saturated rings. The first-order valence-electron chi connectivity index (χ1n) is 13.9. The van der Waals surface area contributed by atoms with E-state index in [4.69, 9.17) is 21.6 Å². The first-order valence-corrected chi connectivity index (χ1v) is 14.2. The van der Waals surface area contributed by atoms with Crippen LogP contribution in [0.1, 0.15) is 45.9 Å². The summed E-state index contributed by atoms with van der Waals surface area (Å²) in [5.41, 5.74) is 5.98. The molecule has 7 nitrogen and oxygen atoms in total. The number of nitriles is 1. The Hall–Kier alpha value is -4.38. The second-order valence-electron chi connectivity index (χ2n) is 10.5. The molecule has 0 unspecified atom stereocenters. The van der Waals surface area contributed by atoms with Gasteiger partial charge in [-0.25, -0.2) is 4.98 Å². The third kappa shape index (κ3) is 6.35. The summed E-state index contributed by atoms with van der Waals surface area (Å²) in [7, 11) is 0. The molecule has 2 heterocycles. The summed E-state index contributed by atoms with van der Waals surface area (Å²) in [6.45, 7) is 1.34. The molecule has 3 aromatic carbocycles. The zero-order valence-corrected chi connectivity index (χ0v) is 23.2. The van der Waals surface area contributed by atoms with Gasteiger partial charge in [0.25, 0.3) is 5.91 Å². The van der Waals surface area contributed by atoms with E-state index in [0.29, 0.717) is 28.6 Å². The molecule has 0 radical (unpaired) electrons. The van der Waals surface area contributed by atoms with Crippen molar-refractivity contribution >= 4 is 23.2 Å². The highest BCUT2D eigenvalue weighted by Gasteiger charge is 2.30.